The molecular weight excluding hydrogens is 262 g/mol. The first-order valence-electron chi connectivity index (χ1n) is 5.90. The summed E-state index contributed by atoms with van der Waals surface area (Å²) in [6, 6.07) is 11.2. The summed E-state index contributed by atoms with van der Waals surface area (Å²) < 4.78 is 0. The number of carboxylic acids is 1. The molecule has 5 heteroatoms. The number of benzene rings is 1. The van der Waals surface area contributed by atoms with E-state index in [9.17, 15) is 9.90 Å². The van der Waals surface area contributed by atoms with Gasteiger partial charge in [-0.15, -0.1) is 11.3 Å². The Morgan fingerprint density at radius 1 is 1.32 bits per heavy atom. The Kier molecular flexibility index (Phi) is 4.68. The fourth-order valence-electron chi connectivity index (χ4n) is 1.78. The normalized spacial score (nSPS) is 12.3. The lowest BCUT2D eigenvalue weighted by Crippen LogP contribution is -2.23. The van der Waals surface area contributed by atoms with Crippen molar-refractivity contribution in [1.29, 1.82) is 0 Å². The Morgan fingerprint density at radius 2 is 2.05 bits per heavy atom. The van der Waals surface area contributed by atoms with Crippen molar-refractivity contribution >= 4 is 17.3 Å². The summed E-state index contributed by atoms with van der Waals surface area (Å²) in [5, 5.41) is 23.1. The second-order valence-corrected chi connectivity index (χ2v) is 5.13. The SMILES string of the molecule is O=C(O)c1csc(CN[C@H](CO)c2ccccc2)c1. The Balaban J connectivity index is 1.98. The van der Waals surface area contributed by atoms with Crippen LogP contribution in [-0.4, -0.2) is 22.8 Å². The maximum Gasteiger partial charge on any atom is 0.336 e. The van der Waals surface area contributed by atoms with E-state index < -0.39 is 5.97 Å². The van der Waals surface area contributed by atoms with Crippen LogP contribution < -0.4 is 5.32 Å². The average Bonchev–Trinajstić information content (AvgIpc) is 2.90. The van der Waals surface area contributed by atoms with E-state index in [-0.39, 0.29) is 12.6 Å². The molecule has 0 saturated heterocycles. The largest absolute Gasteiger partial charge is 0.478 e. The van der Waals surface area contributed by atoms with Gasteiger partial charge in [-0.3, -0.25) is 0 Å². The molecule has 2 aromatic rings. The molecule has 0 fully saturated rings. The molecule has 1 aromatic heterocycles. The lowest BCUT2D eigenvalue weighted by molar-refractivity contribution is 0.0697. The highest BCUT2D eigenvalue weighted by Gasteiger charge is 2.11. The number of nitrogens with one attached hydrogen (secondary N) is 1. The third-order valence-corrected chi connectivity index (χ3v) is 3.74. The molecule has 1 aromatic carbocycles. The third kappa shape index (κ3) is 3.64. The van der Waals surface area contributed by atoms with Crippen LogP contribution in [0.5, 0.6) is 0 Å². The minimum atomic E-state index is -0.913. The van der Waals surface area contributed by atoms with Gasteiger partial charge in [0.15, 0.2) is 0 Å². The number of aliphatic hydroxyl groups is 1. The molecule has 0 aliphatic heterocycles. The molecule has 100 valence electrons. The van der Waals surface area contributed by atoms with E-state index >= 15 is 0 Å². The predicted molar refractivity (Wildman–Crippen MR) is 74.4 cm³/mol. The first kappa shape index (κ1) is 13.7. The van der Waals surface area contributed by atoms with Gasteiger partial charge in [-0.2, -0.15) is 0 Å². The number of carbonyl (C=O) groups is 1. The van der Waals surface area contributed by atoms with Crippen molar-refractivity contribution in [3.05, 3.63) is 57.8 Å². The summed E-state index contributed by atoms with van der Waals surface area (Å²) in [6.45, 7) is 0.541. The molecule has 0 bridgehead atoms. The Labute approximate surface area is 115 Å². The van der Waals surface area contributed by atoms with Crippen LogP contribution in [0.15, 0.2) is 41.8 Å². The Hall–Kier alpha value is -1.69. The van der Waals surface area contributed by atoms with E-state index in [1.165, 1.54) is 11.3 Å². The van der Waals surface area contributed by atoms with Crippen molar-refractivity contribution in [2.75, 3.05) is 6.61 Å². The van der Waals surface area contributed by atoms with Gasteiger partial charge in [0.25, 0.3) is 0 Å². The molecule has 4 nitrogen and oxygen atoms in total. The first-order chi connectivity index (χ1) is 9.20. The number of aromatic carboxylic acids is 1. The number of hydrogen-bond acceptors (Lipinski definition) is 4. The fraction of sp³-hybridized carbons (Fsp3) is 0.214. The smallest absolute Gasteiger partial charge is 0.336 e. The minimum absolute atomic E-state index is 0.00117. The molecule has 1 heterocycles. The fourth-order valence-corrected chi connectivity index (χ4v) is 2.59. The van der Waals surface area contributed by atoms with Gasteiger partial charge in [-0.25, -0.2) is 4.79 Å². The number of aliphatic hydroxyl groups excluding tert-OH is 1. The van der Waals surface area contributed by atoms with Gasteiger partial charge in [0.2, 0.25) is 0 Å². The van der Waals surface area contributed by atoms with Crippen molar-refractivity contribution in [3.8, 4) is 0 Å². The zero-order valence-electron chi connectivity index (χ0n) is 10.2. The molecule has 0 unspecified atom stereocenters. The molecule has 0 amide bonds. The Morgan fingerprint density at radius 3 is 2.63 bits per heavy atom. The van der Waals surface area contributed by atoms with E-state index in [0.29, 0.717) is 12.1 Å². The van der Waals surface area contributed by atoms with Gasteiger partial charge in [0, 0.05) is 16.8 Å². The molecule has 0 aliphatic carbocycles. The number of thiophene rings is 1. The highest BCUT2D eigenvalue weighted by Crippen LogP contribution is 2.17. The van der Waals surface area contributed by atoms with Crippen molar-refractivity contribution in [2.24, 2.45) is 0 Å². The van der Waals surface area contributed by atoms with Crippen LogP contribution in [0.3, 0.4) is 0 Å². The molecule has 3 N–H and O–H groups in total. The maximum atomic E-state index is 10.8. The molecule has 0 spiro atoms. The van der Waals surface area contributed by atoms with E-state index in [0.717, 1.165) is 10.4 Å². The number of rotatable bonds is 6. The van der Waals surface area contributed by atoms with Crippen LogP contribution in [0.25, 0.3) is 0 Å². The van der Waals surface area contributed by atoms with Gasteiger partial charge in [0.05, 0.1) is 18.2 Å². The quantitative estimate of drug-likeness (QED) is 0.757. The maximum absolute atomic E-state index is 10.8. The first-order valence-corrected chi connectivity index (χ1v) is 6.78. The van der Waals surface area contributed by atoms with E-state index in [2.05, 4.69) is 5.32 Å². The monoisotopic (exact) mass is 277 g/mol. The molecule has 0 radical (unpaired) electrons. The van der Waals surface area contributed by atoms with Gasteiger partial charge < -0.3 is 15.5 Å². The van der Waals surface area contributed by atoms with E-state index in [1.807, 2.05) is 30.3 Å². The summed E-state index contributed by atoms with van der Waals surface area (Å²) in [5.41, 5.74) is 1.32. The summed E-state index contributed by atoms with van der Waals surface area (Å²) in [5.74, 6) is -0.913. The Bertz CT molecular complexity index is 539. The van der Waals surface area contributed by atoms with Crippen molar-refractivity contribution < 1.29 is 15.0 Å². The zero-order chi connectivity index (χ0) is 13.7. The third-order valence-electron chi connectivity index (χ3n) is 2.81. The molecular formula is C14H15NO3S. The van der Waals surface area contributed by atoms with Gasteiger partial charge in [-0.1, -0.05) is 30.3 Å². The van der Waals surface area contributed by atoms with Gasteiger partial charge >= 0.3 is 5.97 Å². The predicted octanol–water partition coefficient (Wildman–Crippen LogP) is 2.27. The topological polar surface area (TPSA) is 69.6 Å². The van der Waals surface area contributed by atoms with Crippen LogP contribution >= 0.6 is 11.3 Å². The molecule has 19 heavy (non-hydrogen) atoms. The van der Waals surface area contributed by atoms with Crippen molar-refractivity contribution in [1.82, 2.24) is 5.32 Å². The van der Waals surface area contributed by atoms with Crippen LogP contribution in [0.4, 0.5) is 0 Å². The summed E-state index contributed by atoms with van der Waals surface area (Å²) in [6.07, 6.45) is 0. The summed E-state index contributed by atoms with van der Waals surface area (Å²) in [7, 11) is 0. The number of hydrogen-bond donors (Lipinski definition) is 3. The number of carboxylic acid groups (broad SMARTS) is 1. The molecule has 0 saturated carbocycles. The highest BCUT2D eigenvalue weighted by atomic mass is 32.1. The van der Waals surface area contributed by atoms with Gasteiger partial charge in [0.1, 0.15) is 0 Å². The molecule has 0 aliphatic rings. The second-order valence-electron chi connectivity index (χ2n) is 4.13. The summed E-state index contributed by atoms with van der Waals surface area (Å²) >= 11 is 1.40. The molecule has 2 rings (SSSR count). The summed E-state index contributed by atoms with van der Waals surface area (Å²) in [4.78, 5) is 11.7. The van der Waals surface area contributed by atoms with E-state index in [4.69, 9.17) is 5.11 Å². The minimum Gasteiger partial charge on any atom is -0.478 e. The van der Waals surface area contributed by atoms with Crippen LogP contribution in [0, 0.1) is 0 Å². The average molecular weight is 277 g/mol. The van der Waals surface area contributed by atoms with Crippen LogP contribution in [-0.2, 0) is 6.54 Å². The molecule has 1 atom stereocenters. The highest BCUT2D eigenvalue weighted by molar-refractivity contribution is 7.10. The van der Waals surface area contributed by atoms with Crippen molar-refractivity contribution in [3.63, 3.8) is 0 Å². The lowest BCUT2D eigenvalue weighted by Gasteiger charge is -2.15. The zero-order valence-corrected chi connectivity index (χ0v) is 11.1. The standard InChI is InChI=1S/C14H15NO3S/c16-8-13(10-4-2-1-3-5-10)15-7-12-6-11(9-19-12)14(17)18/h1-6,9,13,15-16H,7-8H2,(H,17,18)/t13-/m1/s1. The second kappa shape index (κ2) is 6.47. The van der Waals surface area contributed by atoms with Crippen LogP contribution in [0.2, 0.25) is 0 Å². The van der Waals surface area contributed by atoms with Gasteiger partial charge in [-0.05, 0) is 11.6 Å². The van der Waals surface area contributed by atoms with Crippen molar-refractivity contribution in [2.45, 2.75) is 12.6 Å². The lowest BCUT2D eigenvalue weighted by atomic mass is 10.1. The van der Waals surface area contributed by atoms with Crippen LogP contribution in [0.1, 0.15) is 26.8 Å². The van der Waals surface area contributed by atoms with E-state index in [1.54, 1.807) is 11.4 Å².